The predicted octanol–water partition coefficient (Wildman–Crippen LogP) is 4.67. The van der Waals surface area contributed by atoms with Gasteiger partial charge in [0, 0.05) is 0 Å². The molecule has 1 aliphatic heterocycles. The van der Waals surface area contributed by atoms with Crippen molar-refractivity contribution in [1.29, 1.82) is 0 Å². The van der Waals surface area contributed by atoms with Gasteiger partial charge in [0.05, 0.1) is 5.41 Å². The Kier molecular flexibility index (Phi) is 3.99. The van der Waals surface area contributed by atoms with Crippen molar-refractivity contribution < 1.29 is 40.6 Å². The van der Waals surface area contributed by atoms with Gasteiger partial charge in [0.25, 0.3) is 6.10 Å². The number of rotatable bonds is 2. The van der Waals surface area contributed by atoms with Gasteiger partial charge in [0.2, 0.25) is 0 Å². The third-order valence-electron chi connectivity index (χ3n) is 3.12. The standard InChI is InChI=1S/C14H14F6O3/c1-11(2,3)14(21-8-6-4-5-7-9(8)22-14)23-10(12(15,16)17)13(18,19)20/h4-7,10H,1-3H3. The Morgan fingerprint density at radius 3 is 1.57 bits per heavy atom. The first kappa shape index (κ1) is 17.7. The van der Waals surface area contributed by atoms with Gasteiger partial charge < -0.3 is 9.47 Å². The van der Waals surface area contributed by atoms with E-state index in [2.05, 4.69) is 4.74 Å². The third kappa shape index (κ3) is 3.34. The number of hydrogen-bond acceptors (Lipinski definition) is 3. The highest BCUT2D eigenvalue weighted by Gasteiger charge is 2.65. The van der Waals surface area contributed by atoms with E-state index in [0.29, 0.717) is 0 Å². The van der Waals surface area contributed by atoms with E-state index >= 15 is 0 Å². The van der Waals surface area contributed by atoms with Gasteiger partial charge in [0.15, 0.2) is 11.5 Å². The summed E-state index contributed by atoms with van der Waals surface area (Å²) in [5, 5.41) is 0. The van der Waals surface area contributed by atoms with Gasteiger partial charge in [-0.2, -0.15) is 26.3 Å². The van der Waals surface area contributed by atoms with Gasteiger partial charge in [-0.15, -0.1) is 0 Å². The largest absolute Gasteiger partial charge is 0.426 e. The van der Waals surface area contributed by atoms with Crippen LogP contribution in [0.25, 0.3) is 0 Å². The lowest BCUT2D eigenvalue weighted by Crippen LogP contribution is -2.59. The lowest BCUT2D eigenvalue weighted by molar-refractivity contribution is -0.425. The molecule has 3 nitrogen and oxygen atoms in total. The van der Waals surface area contributed by atoms with E-state index in [-0.39, 0.29) is 11.5 Å². The fourth-order valence-corrected chi connectivity index (χ4v) is 1.93. The van der Waals surface area contributed by atoms with Crippen LogP contribution in [0.15, 0.2) is 24.3 Å². The molecule has 1 heterocycles. The van der Waals surface area contributed by atoms with Gasteiger partial charge in [-0.25, -0.2) is 0 Å². The van der Waals surface area contributed by atoms with Crippen molar-refractivity contribution in [2.45, 2.75) is 45.2 Å². The summed E-state index contributed by atoms with van der Waals surface area (Å²) >= 11 is 0. The number of halogens is 6. The normalized spacial score (nSPS) is 17.7. The molecular formula is C14H14F6O3. The molecule has 0 bridgehead atoms. The van der Waals surface area contributed by atoms with Crippen LogP contribution in [-0.4, -0.2) is 24.4 Å². The van der Waals surface area contributed by atoms with E-state index in [4.69, 9.17) is 9.47 Å². The summed E-state index contributed by atoms with van der Waals surface area (Å²) in [6, 6.07) is 5.74. The molecule has 0 aromatic heterocycles. The molecule has 1 aromatic carbocycles. The number of ether oxygens (including phenoxy) is 3. The smallest absolute Gasteiger partial charge is 0.423 e. The van der Waals surface area contributed by atoms with Crippen molar-refractivity contribution in [3.05, 3.63) is 24.3 Å². The van der Waals surface area contributed by atoms with E-state index < -0.39 is 29.8 Å². The Labute approximate surface area is 128 Å². The van der Waals surface area contributed by atoms with Gasteiger partial charge in [-0.1, -0.05) is 12.1 Å². The highest BCUT2D eigenvalue weighted by molar-refractivity contribution is 5.42. The zero-order valence-electron chi connectivity index (χ0n) is 12.4. The van der Waals surface area contributed by atoms with E-state index in [1.165, 1.54) is 45.0 Å². The summed E-state index contributed by atoms with van der Waals surface area (Å²) < 4.78 is 91.7. The minimum absolute atomic E-state index is 0.00511. The summed E-state index contributed by atoms with van der Waals surface area (Å²) in [5.41, 5.74) is -1.35. The molecule has 0 aliphatic carbocycles. The first-order valence-electron chi connectivity index (χ1n) is 6.54. The minimum Gasteiger partial charge on any atom is -0.426 e. The van der Waals surface area contributed by atoms with Crippen LogP contribution < -0.4 is 9.47 Å². The minimum atomic E-state index is -5.67. The maximum absolute atomic E-state index is 12.8. The van der Waals surface area contributed by atoms with E-state index in [9.17, 15) is 26.3 Å². The van der Waals surface area contributed by atoms with Crippen LogP contribution in [0.2, 0.25) is 0 Å². The molecule has 0 saturated carbocycles. The van der Waals surface area contributed by atoms with Gasteiger partial charge in [0.1, 0.15) is 0 Å². The van der Waals surface area contributed by atoms with Gasteiger partial charge >= 0.3 is 18.3 Å². The Morgan fingerprint density at radius 2 is 1.26 bits per heavy atom. The molecule has 0 spiro atoms. The topological polar surface area (TPSA) is 27.7 Å². The van der Waals surface area contributed by atoms with Crippen LogP contribution in [0.1, 0.15) is 20.8 Å². The van der Waals surface area contributed by atoms with Gasteiger partial charge in [-0.3, -0.25) is 4.74 Å². The first-order chi connectivity index (χ1) is 10.3. The van der Waals surface area contributed by atoms with Crippen molar-refractivity contribution in [1.82, 2.24) is 0 Å². The maximum Gasteiger partial charge on any atom is 0.423 e. The monoisotopic (exact) mass is 344 g/mol. The van der Waals surface area contributed by atoms with Crippen LogP contribution in [-0.2, 0) is 4.74 Å². The zero-order valence-corrected chi connectivity index (χ0v) is 12.4. The maximum atomic E-state index is 12.8. The fourth-order valence-electron chi connectivity index (χ4n) is 1.93. The molecule has 1 aliphatic rings. The molecule has 23 heavy (non-hydrogen) atoms. The Balaban J connectivity index is 2.43. The lowest BCUT2D eigenvalue weighted by Gasteiger charge is -2.40. The zero-order chi connectivity index (χ0) is 17.7. The quantitative estimate of drug-likeness (QED) is 0.730. The van der Waals surface area contributed by atoms with Gasteiger partial charge in [-0.05, 0) is 32.9 Å². The van der Waals surface area contributed by atoms with Crippen LogP contribution in [0.4, 0.5) is 26.3 Å². The van der Waals surface area contributed by atoms with E-state index in [1.807, 2.05) is 0 Å². The van der Waals surface area contributed by atoms with E-state index in [0.717, 1.165) is 0 Å². The number of fused-ring (bicyclic) bond motifs is 1. The first-order valence-corrected chi connectivity index (χ1v) is 6.54. The number of hydrogen-bond donors (Lipinski definition) is 0. The van der Waals surface area contributed by atoms with Crippen molar-refractivity contribution in [3.8, 4) is 11.5 Å². The molecule has 130 valence electrons. The summed E-state index contributed by atoms with van der Waals surface area (Å²) in [6.45, 7) is 4.05. The molecule has 0 N–H and O–H groups in total. The van der Waals surface area contributed by atoms with Crippen molar-refractivity contribution in [2.75, 3.05) is 0 Å². The highest BCUT2D eigenvalue weighted by Crippen LogP contribution is 2.50. The Bertz CT molecular complexity index is 534. The summed E-state index contributed by atoms with van der Waals surface area (Å²) in [5.74, 6) is -2.55. The van der Waals surface area contributed by atoms with Crippen LogP contribution in [0.3, 0.4) is 0 Å². The second-order valence-electron chi connectivity index (χ2n) is 6.04. The number of benzene rings is 1. The van der Waals surface area contributed by atoms with Crippen LogP contribution in [0.5, 0.6) is 11.5 Å². The second kappa shape index (κ2) is 5.19. The fraction of sp³-hybridized carbons (Fsp3) is 0.571. The molecule has 0 saturated heterocycles. The average Bonchev–Trinajstić information content (AvgIpc) is 2.72. The molecular weight excluding hydrogens is 330 g/mol. The number of para-hydroxylation sites is 2. The molecule has 0 unspecified atom stereocenters. The molecule has 1 aromatic rings. The number of alkyl halides is 6. The van der Waals surface area contributed by atoms with E-state index in [1.54, 1.807) is 0 Å². The summed E-state index contributed by atoms with van der Waals surface area (Å²) in [6.07, 6.45) is -15.4. The van der Waals surface area contributed by atoms with Crippen molar-refractivity contribution >= 4 is 0 Å². The summed E-state index contributed by atoms with van der Waals surface area (Å²) in [7, 11) is 0. The van der Waals surface area contributed by atoms with Crippen molar-refractivity contribution in [3.63, 3.8) is 0 Å². The summed E-state index contributed by atoms with van der Waals surface area (Å²) in [4.78, 5) is 0. The third-order valence-corrected chi connectivity index (χ3v) is 3.12. The SMILES string of the molecule is CC(C)(C)C1(OC(C(F)(F)F)C(F)(F)F)Oc2ccccc2O1. The average molecular weight is 344 g/mol. The molecule has 0 fully saturated rings. The Morgan fingerprint density at radius 1 is 0.870 bits per heavy atom. The van der Waals surface area contributed by atoms with Crippen LogP contribution in [0, 0.1) is 5.41 Å². The molecule has 9 heteroatoms. The molecule has 0 radical (unpaired) electrons. The highest BCUT2D eigenvalue weighted by atomic mass is 19.4. The molecule has 0 atom stereocenters. The molecule has 0 amide bonds. The Hall–Kier alpha value is -1.64. The van der Waals surface area contributed by atoms with Crippen molar-refractivity contribution in [2.24, 2.45) is 5.41 Å². The lowest BCUT2D eigenvalue weighted by atomic mass is 9.92. The van der Waals surface area contributed by atoms with Crippen LogP contribution >= 0.6 is 0 Å². The second-order valence-corrected chi connectivity index (χ2v) is 6.04. The molecule has 2 rings (SSSR count). The predicted molar refractivity (Wildman–Crippen MR) is 66.9 cm³/mol.